The number of nitrogens with one attached hydrogen (secondary N) is 1. The first kappa shape index (κ1) is 16.0. The SMILES string of the molecule is C/C=C/C(=O)Cc1ccc(NC(=O)OC(C)(C)C)cc1. The van der Waals surface area contributed by atoms with Gasteiger partial charge in [-0.25, -0.2) is 4.79 Å². The average molecular weight is 275 g/mol. The van der Waals surface area contributed by atoms with Gasteiger partial charge in [0.2, 0.25) is 0 Å². The summed E-state index contributed by atoms with van der Waals surface area (Å²) in [6.45, 7) is 7.24. The molecule has 4 heteroatoms. The average Bonchev–Trinajstić information content (AvgIpc) is 2.29. The second kappa shape index (κ2) is 6.89. The monoisotopic (exact) mass is 275 g/mol. The molecule has 0 saturated carbocycles. The molecule has 0 spiro atoms. The molecule has 108 valence electrons. The molecule has 0 fully saturated rings. The van der Waals surface area contributed by atoms with Gasteiger partial charge >= 0.3 is 6.09 Å². The van der Waals surface area contributed by atoms with Crippen molar-refractivity contribution >= 4 is 17.6 Å². The molecule has 1 aromatic carbocycles. The van der Waals surface area contributed by atoms with Gasteiger partial charge in [-0.05, 0) is 51.5 Å². The number of ketones is 1. The van der Waals surface area contributed by atoms with Crippen molar-refractivity contribution < 1.29 is 14.3 Å². The van der Waals surface area contributed by atoms with E-state index in [1.54, 1.807) is 24.3 Å². The van der Waals surface area contributed by atoms with Crippen molar-refractivity contribution in [2.45, 2.75) is 39.7 Å². The molecule has 0 aliphatic heterocycles. The number of ether oxygens (including phenoxy) is 1. The van der Waals surface area contributed by atoms with Gasteiger partial charge in [0.15, 0.2) is 5.78 Å². The highest BCUT2D eigenvalue weighted by Gasteiger charge is 2.16. The second-order valence-corrected chi connectivity index (χ2v) is 5.47. The highest BCUT2D eigenvalue weighted by atomic mass is 16.6. The molecule has 0 bridgehead atoms. The molecule has 0 aromatic heterocycles. The van der Waals surface area contributed by atoms with Gasteiger partial charge in [-0.3, -0.25) is 10.1 Å². The number of benzene rings is 1. The number of allylic oxidation sites excluding steroid dienone is 2. The Morgan fingerprint density at radius 3 is 2.30 bits per heavy atom. The van der Waals surface area contributed by atoms with E-state index in [2.05, 4.69) is 5.32 Å². The molecular weight excluding hydrogens is 254 g/mol. The summed E-state index contributed by atoms with van der Waals surface area (Å²) < 4.78 is 5.16. The van der Waals surface area contributed by atoms with Crippen LogP contribution in [0.2, 0.25) is 0 Å². The summed E-state index contributed by atoms with van der Waals surface area (Å²) in [4.78, 5) is 23.0. The summed E-state index contributed by atoms with van der Waals surface area (Å²) in [7, 11) is 0. The zero-order chi connectivity index (χ0) is 15.2. The van der Waals surface area contributed by atoms with Crippen LogP contribution in [-0.2, 0) is 16.0 Å². The quantitative estimate of drug-likeness (QED) is 0.852. The normalized spacial score (nSPS) is 11.4. The van der Waals surface area contributed by atoms with E-state index in [-0.39, 0.29) is 5.78 Å². The lowest BCUT2D eigenvalue weighted by molar-refractivity contribution is -0.114. The molecule has 1 aromatic rings. The molecule has 0 aliphatic carbocycles. The lowest BCUT2D eigenvalue weighted by Crippen LogP contribution is -2.27. The Hall–Kier alpha value is -2.10. The standard InChI is InChI=1S/C16H21NO3/c1-5-6-14(18)11-12-7-9-13(10-8-12)17-15(19)20-16(2,3)4/h5-10H,11H2,1-4H3,(H,17,19)/b6-5+. The Labute approximate surface area is 119 Å². The number of rotatable bonds is 4. The summed E-state index contributed by atoms with van der Waals surface area (Å²) in [5, 5.41) is 2.64. The third-order valence-corrected chi connectivity index (χ3v) is 2.33. The fraction of sp³-hybridized carbons (Fsp3) is 0.375. The highest BCUT2D eigenvalue weighted by molar-refractivity contribution is 5.91. The molecule has 1 rings (SSSR count). The predicted molar refractivity (Wildman–Crippen MR) is 79.8 cm³/mol. The number of hydrogen-bond donors (Lipinski definition) is 1. The summed E-state index contributed by atoms with van der Waals surface area (Å²) in [6, 6.07) is 7.13. The summed E-state index contributed by atoms with van der Waals surface area (Å²) >= 11 is 0. The Bertz CT molecular complexity index is 495. The first-order valence-corrected chi connectivity index (χ1v) is 6.54. The van der Waals surface area contributed by atoms with Crippen LogP contribution in [0.25, 0.3) is 0 Å². The van der Waals surface area contributed by atoms with Gasteiger partial charge in [-0.2, -0.15) is 0 Å². The van der Waals surface area contributed by atoms with Gasteiger partial charge in [0.1, 0.15) is 5.60 Å². The first-order chi connectivity index (χ1) is 9.30. The molecule has 0 unspecified atom stereocenters. The minimum absolute atomic E-state index is 0.0559. The molecule has 0 radical (unpaired) electrons. The minimum atomic E-state index is -0.525. The molecule has 0 atom stereocenters. The van der Waals surface area contributed by atoms with Gasteiger partial charge in [0.25, 0.3) is 0 Å². The summed E-state index contributed by atoms with van der Waals surface area (Å²) in [5.74, 6) is 0.0559. The van der Waals surface area contributed by atoms with E-state index >= 15 is 0 Å². The molecule has 0 saturated heterocycles. The van der Waals surface area contributed by atoms with E-state index in [4.69, 9.17) is 4.74 Å². The number of hydrogen-bond acceptors (Lipinski definition) is 3. The summed E-state index contributed by atoms with van der Waals surface area (Å²) in [6.07, 6.45) is 3.14. The van der Waals surface area contributed by atoms with Gasteiger partial charge in [-0.15, -0.1) is 0 Å². The van der Waals surface area contributed by atoms with Crippen molar-refractivity contribution in [2.75, 3.05) is 5.32 Å². The van der Waals surface area contributed by atoms with Crippen molar-refractivity contribution in [2.24, 2.45) is 0 Å². The maximum atomic E-state index is 11.6. The Kier molecular flexibility index (Phi) is 5.50. The van der Waals surface area contributed by atoms with Gasteiger partial charge in [0.05, 0.1) is 0 Å². The van der Waals surface area contributed by atoms with Crippen LogP contribution in [0.4, 0.5) is 10.5 Å². The van der Waals surface area contributed by atoms with E-state index < -0.39 is 11.7 Å². The van der Waals surface area contributed by atoms with Crippen LogP contribution in [-0.4, -0.2) is 17.5 Å². The van der Waals surface area contributed by atoms with Crippen LogP contribution in [0.5, 0.6) is 0 Å². The number of carbonyl (C=O) groups excluding carboxylic acids is 2. The molecule has 20 heavy (non-hydrogen) atoms. The Balaban J connectivity index is 2.59. The third kappa shape index (κ3) is 6.18. The largest absolute Gasteiger partial charge is 0.444 e. The number of amides is 1. The molecule has 1 N–H and O–H groups in total. The fourth-order valence-corrected chi connectivity index (χ4v) is 1.57. The third-order valence-electron chi connectivity index (χ3n) is 2.33. The fourth-order valence-electron chi connectivity index (χ4n) is 1.57. The highest BCUT2D eigenvalue weighted by Crippen LogP contribution is 2.13. The Morgan fingerprint density at radius 2 is 1.80 bits per heavy atom. The van der Waals surface area contributed by atoms with Crippen LogP contribution in [0.1, 0.15) is 33.3 Å². The zero-order valence-electron chi connectivity index (χ0n) is 12.4. The van der Waals surface area contributed by atoms with Crippen LogP contribution in [0.15, 0.2) is 36.4 Å². The van der Waals surface area contributed by atoms with Gasteiger partial charge < -0.3 is 4.74 Å². The number of anilines is 1. The van der Waals surface area contributed by atoms with Crippen LogP contribution >= 0.6 is 0 Å². The topological polar surface area (TPSA) is 55.4 Å². The van der Waals surface area contributed by atoms with E-state index in [1.165, 1.54) is 0 Å². The van der Waals surface area contributed by atoms with Crippen LogP contribution in [0.3, 0.4) is 0 Å². The van der Waals surface area contributed by atoms with E-state index in [9.17, 15) is 9.59 Å². The molecule has 4 nitrogen and oxygen atoms in total. The Morgan fingerprint density at radius 1 is 1.20 bits per heavy atom. The first-order valence-electron chi connectivity index (χ1n) is 6.54. The lowest BCUT2D eigenvalue weighted by Gasteiger charge is -2.19. The minimum Gasteiger partial charge on any atom is -0.444 e. The maximum absolute atomic E-state index is 11.6. The molecule has 0 aliphatic rings. The van der Waals surface area contributed by atoms with Crippen molar-refractivity contribution in [3.63, 3.8) is 0 Å². The lowest BCUT2D eigenvalue weighted by atomic mass is 10.1. The van der Waals surface area contributed by atoms with Crippen molar-refractivity contribution in [3.05, 3.63) is 42.0 Å². The maximum Gasteiger partial charge on any atom is 0.412 e. The molecule has 1 amide bonds. The summed E-state index contributed by atoms with van der Waals surface area (Å²) in [5.41, 5.74) is 1.02. The molecule has 0 heterocycles. The van der Waals surface area contributed by atoms with Crippen LogP contribution in [0, 0.1) is 0 Å². The van der Waals surface area contributed by atoms with Gasteiger partial charge in [0, 0.05) is 12.1 Å². The molecular formula is C16H21NO3. The smallest absolute Gasteiger partial charge is 0.412 e. The number of carbonyl (C=O) groups is 2. The van der Waals surface area contributed by atoms with Crippen molar-refractivity contribution in [1.82, 2.24) is 0 Å². The predicted octanol–water partition coefficient (Wildman–Crippen LogP) is 3.72. The second-order valence-electron chi connectivity index (χ2n) is 5.47. The zero-order valence-corrected chi connectivity index (χ0v) is 12.4. The van der Waals surface area contributed by atoms with Crippen molar-refractivity contribution in [3.8, 4) is 0 Å². The van der Waals surface area contributed by atoms with Crippen LogP contribution < -0.4 is 5.32 Å². The van der Waals surface area contributed by atoms with E-state index in [0.29, 0.717) is 12.1 Å². The van der Waals surface area contributed by atoms with E-state index in [0.717, 1.165) is 5.56 Å². The van der Waals surface area contributed by atoms with Gasteiger partial charge in [-0.1, -0.05) is 18.2 Å². The van der Waals surface area contributed by atoms with E-state index in [1.807, 2.05) is 39.8 Å². The van der Waals surface area contributed by atoms with Crippen molar-refractivity contribution in [1.29, 1.82) is 0 Å².